The normalized spacial score (nSPS) is 14.8. The lowest BCUT2D eigenvalue weighted by molar-refractivity contribution is -0.137. The monoisotopic (exact) mass is 395 g/mol. The first-order valence-electron chi connectivity index (χ1n) is 8.56. The van der Waals surface area contributed by atoms with Crippen molar-refractivity contribution in [2.75, 3.05) is 5.75 Å². The summed E-state index contributed by atoms with van der Waals surface area (Å²) in [6.45, 7) is 1.65. The van der Waals surface area contributed by atoms with Crippen LogP contribution < -0.4 is 10.9 Å². The number of thioether (sulfide) groups is 1. The lowest BCUT2D eigenvalue weighted by Crippen LogP contribution is -2.35. The highest BCUT2D eigenvalue weighted by Gasteiger charge is 2.19. The van der Waals surface area contributed by atoms with Gasteiger partial charge in [-0.2, -0.15) is 0 Å². The SMILES string of the molecule is CC(CC(=O)O)NC(=O)CSCc1nc2sc3c(c2c(=O)[nH]1)CCCC3. The third-order valence-corrected chi connectivity index (χ3v) is 6.36. The second-order valence-electron chi connectivity index (χ2n) is 6.46. The Morgan fingerprint density at radius 3 is 2.92 bits per heavy atom. The number of nitrogens with one attached hydrogen (secondary N) is 2. The van der Waals surface area contributed by atoms with Gasteiger partial charge in [-0.05, 0) is 38.2 Å². The second kappa shape index (κ2) is 8.22. The lowest BCUT2D eigenvalue weighted by Gasteiger charge is -2.11. The number of carbonyl (C=O) groups is 2. The van der Waals surface area contributed by atoms with Gasteiger partial charge in [0.15, 0.2) is 0 Å². The van der Waals surface area contributed by atoms with E-state index in [0.29, 0.717) is 11.6 Å². The van der Waals surface area contributed by atoms with Gasteiger partial charge in [0.05, 0.1) is 23.3 Å². The Labute approximate surface area is 158 Å². The smallest absolute Gasteiger partial charge is 0.305 e. The van der Waals surface area contributed by atoms with Gasteiger partial charge in [0, 0.05) is 10.9 Å². The summed E-state index contributed by atoms with van der Waals surface area (Å²) < 4.78 is 0. The largest absolute Gasteiger partial charge is 0.481 e. The topological polar surface area (TPSA) is 112 Å². The molecule has 3 N–H and O–H groups in total. The van der Waals surface area contributed by atoms with Crippen LogP contribution >= 0.6 is 23.1 Å². The first kappa shape index (κ1) is 18.9. The summed E-state index contributed by atoms with van der Waals surface area (Å²) in [5.41, 5.74) is 1.07. The van der Waals surface area contributed by atoms with E-state index < -0.39 is 12.0 Å². The van der Waals surface area contributed by atoms with Crippen LogP contribution in [-0.4, -0.2) is 38.7 Å². The number of carboxylic acid groups (broad SMARTS) is 1. The molecule has 2 aromatic heterocycles. The highest BCUT2D eigenvalue weighted by atomic mass is 32.2. The molecule has 0 spiro atoms. The zero-order chi connectivity index (χ0) is 18.7. The number of amides is 1. The van der Waals surface area contributed by atoms with Gasteiger partial charge >= 0.3 is 5.97 Å². The molecule has 0 fully saturated rings. The minimum Gasteiger partial charge on any atom is -0.481 e. The van der Waals surface area contributed by atoms with Crippen molar-refractivity contribution in [3.63, 3.8) is 0 Å². The van der Waals surface area contributed by atoms with Crippen molar-refractivity contribution in [1.29, 1.82) is 0 Å². The maximum absolute atomic E-state index is 12.4. The molecule has 140 valence electrons. The van der Waals surface area contributed by atoms with Crippen molar-refractivity contribution < 1.29 is 14.7 Å². The summed E-state index contributed by atoms with van der Waals surface area (Å²) in [7, 11) is 0. The Morgan fingerprint density at radius 2 is 2.15 bits per heavy atom. The maximum atomic E-state index is 12.4. The zero-order valence-corrected chi connectivity index (χ0v) is 16.1. The fourth-order valence-electron chi connectivity index (χ4n) is 3.15. The molecule has 0 aromatic carbocycles. The molecule has 0 saturated carbocycles. The van der Waals surface area contributed by atoms with E-state index in [1.807, 2.05) is 0 Å². The van der Waals surface area contributed by atoms with E-state index in [1.54, 1.807) is 18.3 Å². The Hall–Kier alpha value is -1.87. The van der Waals surface area contributed by atoms with Crippen molar-refractivity contribution in [2.45, 2.75) is 50.8 Å². The Balaban J connectivity index is 1.60. The number of aromatic amines is 1. The summed E-state index contributed by atoms with van der Waals surface area (Å²) >= 11 is 2.95. The van der Waals surface area contributed by atoms with E-state index in [9.17, 15) is 14.4 Å². The molecule has 2 aromatic rings. The number of aliphatic carboxylic acids is 1. The molecule has 1 unspecified atom stereocenters. The molecule has 1 atom stereocenters. The van der Waals surface area contributed by atoms with Crippen LogP contribution in [0.1, 0.15) is 42.5 Å². The van der Waals surface area contributed by atoms with Gasteiger partial charge in [0.2, 0.25) is 5.91 Å². The van der Waals surface area contributed by atoms with Crippen LogP contribution in [-0.2, 0) is 28.2 Å². The highest BCUT2D eigenvalue weighted by Crippen LogP contribution is 2.33. The van der Waals surface area contributed by atoms with Crippen molar-refractivity contribution in [3.05, 3.63) is 26.6 Å². The summed E-state index contributed by atoms with van der Waals surface area (Å²) in [6, 6.07) is -0.410. The van der Waals surface area contributed by atoms with Crippen LogP contribution in [0.3, 0.4) is 0 Å². The molecule has 9 heteroatoms. The third-order valence-electron chi connectivity index (χ3n) is 4.23. The number of nitrogens with zero attached hydrogens (tertiary/aromatic N) is 1. The van der Waals surface area contributed by atoms with E-state index in [0.717, 1.165) is 41.5 Å². The number of carbonyl (C=O) groups excluding carboxylic acids is 1. The molecular formula is C17H21N3O4S2. The van der Waals surface area contributed by atoms with Crippen LogP contribution in [0.25, 0.3) is 10.2 Å². The first-order valence-corrected chi connectivity index (χ1v) is 10.5. The van der Waals surface area contributed by atoms with Crippen LogP contribution in [0, 0.1) is 0 Å². The molecule has 1 aliphatic rings. The number of aryl methyl sites for hydroxylation is 2. The van der Waals surface area contributed by atoms with E-state index in [4.69, 9.17) is 5.11 Å². The molecule has 1 amide bonds. The van der Waals surface area contributed by atoms with E-state index >= 15 is 0 Å². The highest BCUT2D eigenvalue weighted by molar-refractivity contribution is 7.99. The minimum atomic E-state index is -0.945. The predicted octanol–water partition coefficient (Wildman–Crippen LogP) is 2.08. The summed E-state index contributed by atoms with van der Waals surface area (Å²) in [5, 5.41) is 12.1. The lowest BCUT2D eigenvalue weighted by atomic mass is 9.97. The Kier molecular flexibility index (Phi) is 5.98. The van der Waals surface area contributed by atoms with Crippen molar-refractivity contribution >= 4 is 45.2 Å². The molecule has 26 heavy (non-hydrogen) atoms. The average Bonchev–Trinajstić information content (AvgIpc) is 2.92. The number of aromatic nitrogens is 2. The summed E-state index contributed by atoms with van der Waals surface area (Å²) in [4.78, 5) is 44.3. The molecule has 7 nitrogen and oxygen atoms in total. The second-order valence-corrected chi connectivity index (χ2v) is 8.53. The molecular weight excluding hydrogens is 374 g/mol. The van der Waals surface area contributed by atoms with Crippen molar-refractivity contribution in [3.8, 4) is 0 Å². The molecule has 0 radical (unpaired) electrons. The number of hydrogen-bond acceptors (Lipinski definition) is 6. The van der Waals surface area contributed by atoms with Gasteiger partial charge in [-0.3, -0.25) is 14.4 Å². The number of carboxylic acids is 1. The van der Waals surface area contributed by atoms with Gasteiger partial charge in [-0.25, -0.2) is 4.98 Å². The van der Waals surface area contributed by atoms with Gasteiger partial charge in [-0.15, -0.1) is 23.1 Å². The van der Waals surface area contributed by atoms with Gasteiger partial charge in [0.1, 0.15) is 10.7 Å². The predicted molar refractivity (Wildman–Crippen MR) is 103 cm³/mol. The van der Waals surface area contributed by atoms with E-state index in [-0.39, 0.29) is 23.6 Å². The standard InChI is InChI=1S/C17H21N3O4S2/c1-9(6-14(22)23)18-13(21)8-25-7-12-19-16(24)15-10-4-2-3-5-11(10)26-17(15)20-12/h9H,2-8H2,1H3,(H,18,21)(H,22,23)(H,19,20,24). The van der Waals surface area contributed by atoms with Crippen LogP contribution in [0.2, 0.25) is 0 Å². The quantitative estimate of drug-likeness (QED) is 0.662. The molecule has 2 heterocycles. The van der Waals surface area contributed by atoms with Crippen molar-refractivity contribution in [2.24, 2.45) is 0 Å². The first-order chi connectivity index (χ1) is 12.4. The number of rotatable bonds is 7. The number of fused-ring (bicyclic) bond motifs is 3. The van der Waals surface area contributed by atoms with Gasteiger partial charge < -0.3 is 15.4 Å². The van der Waals surface area contributed by atoms with Gasteiger partial charge in [0.25, 0.3) is 5.56 Å². The Bertz CT molecular complexity index is 890. The zero-order valence-electron chi connectivity index (χ0n) is 14.5. The van der Waals surface area contributed by atoms with Crippen LogP contribution in [0.4, 0.5) is 0 Å². The fraction of sp³-hybridized carbons (Fsp3) is 0.529. The number of hydrogen-bond donors (Lipinski definition) is 3. The number of H-pyrrole nitrogens is 1. The molecule has 0 bridgehead atoms. The fourth-order valence-corrected chi connectivity index (χ4v) is 5.13. The molecule has 3 rings (SSSR count). The maximum Gasteiger partial charge on any atom is 0.305 e. The van der Waals surface area contributed by atoms with Crippen molar-refractivity contribution in [1.82, 2.24) is 15.3 Å². The molecule has 1 aliphatic carbocycles. The third kappa shape index (κ3) is 4.45. The number of thiophene rings is 1. The van der Waals surface area contributed by atoms with Crippen LogP contribution in [0.15, 0.2) is 4.79 Å². The average molecular weight is 396 g/mol. The molecule has 0 saturated heterocycles. The summed E-state index contributed by atoms with van der Waals surface area (Å²) in [6.07, 6.45) is 4.14. The molecule has 0 aliphatic heterocycles. The van der Waals surface area contributed by atoms with E-state index in [1.165, 1.54) is 16.6 Å². The van der Waals surface area contributed by atoms with E-state index in [2.05, 4.69) is 15.3 Å². The minimum absolute atomic E-state index is 0.0930. The Morgan fingerprint density at radius 1 is 1.38 bits per heavy atom. The van der Waals surface area contributed by atoms with Crippen LogP contribution in [0.5, 0.6) is 0 Å². The van der Waals surface area contributed by atoms with Gasteiger partial charge in [-0.1, -0.05) is 0 Å². The summed E-state index contributed by atoms with van der Waals surface area (Å²) in [5.74, 6) is 0.0108.